The van der Waals surface area contributed by atoms with Crippen molar-refractivity contribution in [3.63, 3.8) is 0 Å². The summed E-state index contributed by atoms with van der Waals surface area (Å²) in [6.45, 7) is 2.60. The third-order valence-corrected chi connectivity index (χ3v) is 3.87. The van der Waals surface area contributed by atoms with Crippen molar-refractivity contribution in [2.75, 3.05) is 6.54 Å². The minimum absolute atomic E-state index is 0.0914. The zero-order valence-corrected chi connectivity index (χ0v) is 12.5. The molecular formula is C17H28FNO. The van der Waals surface area contributed by atoms with E-state index in [0.717, 1.165) is 24.8 Å². The van der Waals surface area contributed by atoms with Gasteiger partial charge >= 0.3 is 0 Å². The smallest absolute Gasteiger partial charge is 0.123 e. The van der Waals surface area contributed by atoms with Crippen molar-refractivity contribution in [3.8, 4) is 0 Å². The summed E-state index contributed by atoms with van der Waals surface area (Å²) in [5.41, 5.74) is 6.68. The topological polar surface area (TPSA) is 46.2 Å². The van der Waals surface area contributed by atoms with Gasteiger partial charge < -0.3 is 10.8 Å². The van der Waals surface area contributed by atoms with Crippen molar-refractivity contribution in [1.82, 2.24) is 0 Å². The van der Waals surface area contributed by atoms with E-state index < -0.39 is 6.10 Å². The lowest BCUT2D eigenvalue weighted by atomic mass is 9.90. The number of rotatable bonds is 10. The number of aliphatic hydroxyl groups excluding tert-OH is 1. The molecule has 0 fully saturated rings. The fourth-order valence-electron chi connectivity index (χ4n) is 2.56. The predicted octanol–water partition coefficient (Wildman–Crippen LogP) is 3.98. The quantitative estimate of drug-likeness (QED) is 0.637. The normalized spacial score (nSPS) is 14.2. The van der Waals surface area contributed by atoms with Crippen LogP contribution in [0.15, 0.2) is 24.3 Å². The van der Waals surface area contributed by atoms with Crippen LogP contribution in [0.3, 0.4) is 0 Å². The van der Waals surface area contributed by atoms with Gasteiger partial charge in [-0.1, -0.05) is 57.6 Å². The van der Waals surface area contributed by atoms with Crippen LogP contribution in [0.5, 0.6) is 0 Å². The summed E-state index contributed by atoms with van der Waals surface area (Å²) in [7, 11) is 0. The van der Waals surface area contributed by atoms with E-state index in [2.05, 4.69) is 6.92 Å². The largest absolute Gasteiger partial charge is 0.392 e. The van der Waals surface area contributed by atoms with Gasteiger partial charge in [0, 0.05) is 12.5 Å². The molecule has 1 aromatic carbocycles. The average Bonchev–Trinajstić information content (AvgIpc) is 2.45. The Morgan fingerprint density at radius 1 is 1.05 bits per heavy atom. The second-order valence-electron chi connectivity index (χ2n) is 5.52. The Hall–Kier alpha value is -0.930. The monoisotopic (exact) mass is 281 g/mol. The van der Waals surface area contributed by atoms with Gasteiger partial charge in [-0.15, -0.1) is 0 Å². The molecule has 2 unspecified atom stereocenters. The summed E-state index contributed by atoms with van der Waals surface area (Å²) in [5.74, 6) is -0.346. The number of aliphatic hydroxyl groups is 1. The van der Waals surface area contributed by atoms with Gasteiger partial charge in [0.25, 0.3) is 0 Å². The molecule has 0 aromatic heterocycles. The molecule has 0 saturated heterocycles. The molecular weight excluding hydrogens is 253 g/mol. The van der Waals surface area contributed by atoms with Gasteiger partial charge in [-0.2, -0.15) is 0 Å². The molecule has 0 aliphatic heterocycles. The number of hydrogen-bond donors (Lipinski definition) is 2. The predicted molar refractivity (Wildman–Crippen MR) is 82.2 cm³/mol. The maximum atomic E-state index is 12.9. The van der Waals surface area contributed by atoms with E-state index in [4.69, 9.17) is 5.73 Å². The molecule has 0 amide bonds. The van der Waals surface area contributed by atoms with E-state index in [9.17, 15) is 9.50 Å². The molecule has 0 aliphatic carbocycles. The van der Waals surface area contributed by atoms with E-state index in [1.807, 2.05) is 0 Å². The summed E-state index contributed by atoms with van der Waals surface area (Å²) in [5, 5.41) is 10.3. The number of hydrogen-bond acceptors (Lipinski definition) is 2. The second-order valence-corrected chi connectivity index (χ2v) is 5.52. The fraction of sp³-hybridized carbons (Fsp3) is 0.647. The molecule has 114 valence electrons. The third kappa shape index (κ3) is 6.02. The van der Waals surface area contributed by atoms with Crippen LogP contribution < -0.4 is 5.73 Å². The summed E-state index contributed by atoms with van der Waals surface area (Å²) < 4.78 is 12.9. The van der Waals surface area contributed by atoms with Crippen LogP contribution in [0.25, 0.3) is 0 Å². The van der Waals surface area contributed by atoms with E-state index >= 15 is 0 Å². The van der Waals surface area contributed by atoms with Gasteiger partial charge in [0.2, 0.25) is 0 Å². The van der Waals surface area contributed by atoms with Crippen LogP contribution >= 0.6 is 0 Å². The summed E-state index contributed by atoms with van der Waals surface area (Å²) in [6.07, 6.45) is 7.60. The standard InChI is InChI=1S/C17H28FNO/c1-2-3-4-5-6-7-8-17(20)16(13-19)14-9-11-15(18)12-10-14/h9-12,16-17,20H,2-8,13,19H2,1H3. The molecule has 1 rings (SSSR count). The first-order chi connectivity index (χ1) is 9.69. The van der Waals surface area contributed by atoms with E-state index in [1.54, 1.807) is 12.1 Å². The Labute approximate surface area is 122 Å². The van der Waals surface area contributed by atoms with Crippen LogP contribution in [0.4, 0.5) is 4.39 Å². The highest BCUT2D eigenvalue weighted by atomic mass is 19.1. The molecule has 0 bridgehead atoms. The molecule has 2 atom stereocenters. The minimum atomic E-state index is -0.434. The highest BCUT2D eigenvalue weighted by molar-refractivity contribution is 5.22. The van der Waals surface area contributed by atoms with Crippen molar-refractivity contribution in [2.24, 2.45) is 5.73 Å². The molecule has 0 saturated carbocycles. The maximum absolute atomic E-state index is 12.9. The number of nitrogens with two attached hydrogens (primary N) is 1. The molecule has 1 aromatic rings. The van der Waals surface area contributed by atoms with Gasteiger partial charge in [0.15, 0.2) is 0 Å². The van der Waals surface area contributed by atoms with Crippen LogP contribution in [-0.2, 0) is 0 Å². The molecule has 20 heavy (non-hydrogen) atoms. The Morgan fingerprint density at radius 3 is 2.25 bits per heavy atom. The Kier molecular flexibility index (Phi) is 8.47. The number of benzene rings is 1. The summed E-state index contributed by atoms with van der Waals surface area (Å²) in [4.78, 5) is 0. The van der Waals surface area contributed by atoms with Crippen LogP contribution in [0, 0.1) is 5.82 Å². The Morgan fingerprint density at radius 2 is 1.65 bits per heavy atom. The highest BCUT2D eigenvalue weighted by Gasteiger charge is 2.19. The SMILES string of the molecule is CCCCCCCCC(O)C(CN)c1ccc(F)cc1. The van der Waals surface area contributed by atoms with Crippen molar-refractivity contribution in [1.29, 1.82) is 0 Å². The lowest BCUT2D eigenvalue weighted by molar-refractivity contribution is 0.132. The van der Waals surface area contributed by atoms with Crippen LogP contribution in [-0.4, -0.2) is 17.8 Å². The van der Waals surface area contributed by atoms with E-state index in [-0.39, 0.29) is 11.7 Å². The Bertz CT molecular complexity index is 353. The van der Waals surface area contributed by atoms with Gasteiger partial charge in [0.05, 0.1) is 6.10 Å². The third-order valence-electron chi connectivity index (χ3n) is 3.87. The maximum Gasteiger partial charge on any atom is 0.123 e. The number of halogens is 1. The summed E-state index contributed by atoms with van der Waals surface area (Å²) >= 11 is 0. The average molecular weight is 281 g/mol. The lowest BCUT2D eigenvalue weighted by Crippen LogP contribution is -2.25. The molecule has 3 heteroatoms. The van der Waals surface area contributed by atoms with Gasteiger partial charge in [-0.05, 0) is 24.1 Å². The van der Waals surface area contributed by atoms with Gasteiger partial charge in [-0.25, -0.2) is 4.39 Å². The zero-order valence-electron chi connectivity index (χ0n) is 12.5. The first-order valence-electron chi connectivity index (χ1n) is 7.82. The molecule has 3 N–H and O–H groups in total. The molecule has 0 spiro atoms. The van der Waals surface area contributed by atoms with Crippen molar-refractivity contribution in [3.05, 3.63) is 35.6 Å². The Balaban J connectivity index is 2.35. The first kappa shape index (κ1) is 17.1. The zero-order chi connectivity index (χ0) is 14.8. The van der Waals surface area contributed by atoms with Crippen LogP contribution in [0.2, 0.25) is 0 Å². The van der Waals surface area contributed by atoms with Gasteiger partial charge in [0.1, 0.15) is 5.82 Å². The fourth-order valence-corrected chi connectivity index (χ4v) is 2.56. The highest BCUT2D eigenvalue weighted by Crippen LogP contribution is 2.23. The molecule has 0 aliphatic rings. The van der Waals surface area contributed by atoms with Crippen LogP contribution in [0.1, 0.15) is 63.4 Å². The van der Waals surface area contributed by atoms with Crippen molar-refractivity contribution >= 4 is 0 Å². The van der Waals surface area contributed by atoms with E-state index in [0.29, 0.717) is 6.54 Å². The van der Waals surface area contributed by atoms with E-state index in [1.165, 1.54) is 37.8 Å². The first-order valence-corrected chi connectivity index (χ1v) is 7.82. The van der Waals surface area contributed by atoms with Gasteiger partial charge in [-0.3, -0.25) is 0 Å². The molecule has 0 radical (unpaired) electrons. The number of unbranched alkanes of at least 4 members (excludes halogenated alkanes) is 5. The lowest BCUT2D eigenvalue weighted by Gasteiger charge is -2.22. The molecule has 2 nitrogen and oxygen atoms in total. The summed E-state index contributed by atoms with van der Waals surface area (Å²) in [6, 6.07) is 6.29. The van der Waals surface area contributed by atoms with Crippen molar-refractivity contribution in [2.45, 2.75) is 63.9 Å². The van der Waals surface area contributed by atoms with Crippen molar-refractivity contribution < 1.29 is 9.50 Å². The molecule has 0 heterocycles. The second kappa shape index (κ2) is 9.89. The minimum Gasteiger partial charge on any atom is -0.392 e.